The Balaban J connectivity index is 1.12. The lowest BCUT2D eigenvalue weighted by atomic mass is 9.93. The molecule has 340 valence electrons. The van der Waals surface area contributed by atoms with E-state index in [-0.39, 0.29) is 34.0 Å². The zero-order chi connectivity index (χ0) is 44.7. The third-order valence-corrected chi connectivity index (χ3v) is 11.6. The van der Waals surface area contributed by atoms with Gasteiger partial charge < -0.3 is 107 Å². The SMILES string of the molecule is Nc1ncnc2c1ncn2C1O[C@H](COP(=O)([O-])OCC(COP(=O)([O-])[O-])(COP(=O)([O-])[O-])COP(=O)([O-])OCC2O[C@@H](n3cnc4c(N)ncnc43)[C@H](O)[C@@H]2O)[C@@H](O)[C@H]1O. The molecule has 0 saturated carbocycles. The number of anilines is 2. The van der Waals surface area contributed by atoms with Crippen LogP contribution in [0.25, 0.3) is 22.3 Å². The van der Waals surface area contributed by atoms with E-state index < -0.39 is 125 Å². The first-order valence-electron chi connectivity index (χ1n) is 16.8. The van der Waals surface area contributed by atoms with Crippen molar-refractivity contribution in [3.8, 4) is 0 Å². The molecule has 61 heavy (non-hydrogen) atoms. The maximum atomic E-state index is 12.9. The summed E-state index contributed by atoms with van der Waals surface area (Å²) in [6, 6.07) is 0. The molecule has 0 radical (unpaired) electrons. The molecule has 0 spiro atoms. The molecule has 4 unspecified atom stereocenters. The number of imidazole rings is 2. The topological polar surface area (TPSA) is 501 Å². The lowest BCUT2D eigenvalue weighted by molar-refractivity contribution is -0.345. The predicted octanol–water partition coefficient (Wildman–Crippen LogP) is -7.25. The summed E-state index contributed by atoms with van der Waals surface area (Å²) in [5, 5.41) is 42.4. The Morgan fingerprint density at radius 3 is 1.30 bits per heavy atom. The van der Waals surface area contributed by atoms with Crippen LogP contribution in [0, 0.1) is 5.41 Å². The van der Waals surface area contributed by atoms with E-state index in [9.17, 15) is 68.0 Å². The zero-order valence-corrected chi connectivity index (χ0v) is 33.9. The Labute approximate surface area is 339 Å². The second-order valence-corrected chi connectivity index (χ2v) is 18.4. The molecule has 0 aliphatic carbocycles. The Morgan fingerprint density at radius 1 is 0.574 bits per heavy atom. The number of nitrogens with two attached hydrogens (primary N) is 2. The van der Waals surface area contributed by atoms with Crippen molar-refractivity contribution in [1.29, 1.82) is 0 Å². The first-order chi connectivity index (χ1) is 28.4. The summed E-state index contributed by atoms with van der Waals surface area (Å²) in [5.74, 6) is -0.0789. The largest absolute Gasteiger partial charge is 0.790 e. The van der Waals surface area contributed by atoms with E-state index >= 15 is 0 Å². The van der Waals surface area contributed by atoms with E-state index in [1.165, 1.54) is 0 Å². The van der Waals surface area contributed by atoms with E-state index in [4.69, 9.17) is 39.0 Å². The van der Waals surface area contributed by atoms with Crippen LogP contribution in [0.3, 0.4) is 0 Å². The monoisotopic (exact) mass is 948 g/mol. The third-order valence-electron chi connectivity index (χ3n) is 8.91. The number of aliphatic hydroxyl groups excluding tert-OH is 4. The third kappa shape index (κ3) is 11.4. The molecule has 2 aliphatic heterocycles. The summed E-state index contributed by atoms with van der Waals surface area (Å²) in [7, 11) is -23.6. The van der Waals surface area contributed by atoms with Crippen LogP contribution in [0.4, 0.5) is 11.6 Å². The van der Waals surface area contributed by atoms with Crippen LogP contribution < -0.4 is 40.8 Å². The number of hydrogen-bond acceptors (Lipinski definition) is 30. The lowest BCUT2D eigenvalue weighted by Crippen LogP contribution is -2.43. The highest BCUT2D eigenvalue weighted by Gasteiger charge is 2.47. The average molecular weight is 948 g/mol. The number of ether oxygens (including phenoxy) is 2. The summed E-state index contributed by atoms with van der Waals surface area (Å²) >= 11 is 0. The van der Waals surface area contributed by atoms with Gasteiger partial charge in [0.1, 0.15) is 60.3 Å². The van der Waals surface area contributed by atoms with Gasteiger partial charge >= 0.3 is 0 Å². The molecular weight excluding hydrogens is 916 g/mol. The smallest absolute Gasteiger partial charge is 0.267 e. The lowest BCUT2D eigenvalue weighted by Gasteiger charge is -2.41. The molecule has 10 atom stereocenters. The molecule has 36 heteroatoms. The van der Waals surface area contributed by atoms with Crippen molar-refractivity contribution in [3.05, 3.63) is 25.3 Å². The fraction of sp³-hybridized carbons (Fsp3) is 0.600. The van der Waals surface area contributed by atoms with Crippen LogP contribution in [0.2, 0.25) is 0 Å². The second-order valence-electron chi connectivity index (χ2n) is 13.2. The van der Waals surface area contributed by atoms with E-state index in [0.29, 0.717) is 0 Å². The van der Waals surface area contributed by atoms with Crippen molar-refractivity contribution in [2.45, 2.75) is 49.1 Å². The molecule has 0 aromatic carbocycles. The Morgan fingerprint density at radius 2 is 0.934 bits per heavy atom. The molecule has 4 aromatic heterocycles. The van der Waals surface area contributed by atoms with E-state index in [1.807, 2.05) is 0 Å². The highest BCUT2D eigenvalue weighted by Crippen LogP contribution is 2.47. The van der Waals surface area contributed by atoms with Gasteiger partial charge in [0, 0.05) is 0 Å². The molecule has 2 aliphatic rings. The zero-order valence-electron chi connectivity index (χ0n) is 30.3. The Hall–Kier alpha value is -3.10. The maximum Gasteiger partial charge on any atom is 0.267 e. The van der Waals surface area contributed by atoms with Crippen molar-refractivity contribution in [3.63, 3.8) is 0 Å². The van der Waals surface area contributed by atoms with Crippen molar-refractivity contribution in [2.24, 2.45) is 5.41 Å². The van der Waals surface area contributed by atoms with Gasteiger partial charge in [-0.05, 0) is 0 Å². The van der Waals surface area contributed by atoms with Gasteiger partial charge in [-0.2, -0.15) is 0 Å². The van der Waals surface area contributed by atoms with Gasteiger partial charge in [-0.3, -0.25) is 18.3 Å². The Kier molecular flexibility index (Phi) is 14.1. The van der Waals surface area contributed by atoms with Crippen molar-refractivity contribution in [1.82, 2.24) is 39.0 Å². The van der Waals surface area contributed by atoms with Crippen LogP contribution in [0.5, 0.6) is 0 Å². The summed E-state index contributed by atoms with van der Waals surface area (Å²) in [4.78, 5) is 94.9. The molecule has 6 rings (SSSR count). The van der Waals surface area contributed by atoms with Crippen molar-refractivity contribution in [2.75, 3.05) is 51.1 Å². The van der Waals surface area contributed by atoms with Gasteiger partial charge in [-0.25, -0.2) is 29.9 Å². The number of aliphatic hydroxyl groups is 4. The van der Waals surface area contributed by atoms with Crippen molar-refractivity contribution < 1.29 is 105 Å². The quantitative estimate of drug-likeness (QED) is 0.0448. The summed E-state index contributed by atoms with van der Waals surface area (Å²) in [5.41, 5.74) is 8.99. The number of rotatable bonds is 20. The molecule has 4 aromatic rings. The van der Waals surface area contributed by atoms with Gasteiger partial charge in [-0.15, -0.1) is 0 Å². The summed E-state index contributed by atoms with van der Waals surface area (Å²) in [6.45, 7) is -8.74. The summed E-state index contributed by atoms with van der Waals surface area (Å²) in [6.07, 6.45) is -8.89. The van der Waals surface area contributed by atoms with Gasteiger partial charge in [0.05, 0.1) is 73.4 Å². The van der Waals surface area contributed by atoms with E-state index in [1.54, 1.807) is 0 Å². The van der Waals surface area contributed by atoms with Gasteiger partial charge in [0.2, 0.25) is 0 Å². The summed E-state index contributed by atoms with van der Waals surface area (Å²) < 4.78 is 89.1. The Bertz CT molecular complexity index is 2220. The number of fused-ring (bicyclic) bond motifs is 2. The van der Waals surface area contributed by atoms with Gasteiger partial charge in [0.15, 0.2) is 35.4 Å². The van der Waals surface area contributed by atoms with E-state index in [2.05, 4.69) is 39.0 Å². The minimum Gasteiger partial charge on any atom is -0.790 e. The number of phosphoric acid groups is 4. The predicted molar refractivity (Wildman–Crippen MR) is 180 cm³/mol. The molecule has 8 N–H and O–H groups in total. The van der Waals surface area contributed by atoms with Gasteiger partial charge in [0.25, 0.3) is 15.6 Å². The molecule has 0 bridgehead atoms. The first kappa shape index (κ1) is 47.4. The highest BCUT2D eigenvalue weighted by atomic mass is 31.2. The fourth-order valence-corrected chi connectivity index (χ4v) is 8.36. The number of phosphoric ester groups is 4. The minimum absolute atomic E-state index is 0.0394. The number of nitrogens with zero attached hydrogens (tertiary/aromatic N) is 8. The van der Waals surface area contributed by atoms with Crippen LogP contribution in [-0.4, -0.2) is 136 Å². The number of nitrogen functional groups attached to an aromatic ring is 2. The molecular formula is C25H32N10O22P4-6. The number of aromatic nitrogens is 8. The van der Waals surface area contributed by atoms with Crippen LogP contribution in [-0.2, 0) is 54.9 Å². The molecule has 2 fully saturated rings. The van der Waals surface area contributed by atoms with Crippen molar-refractivity contribution >= 4 is 65.3 Å². The van der Waals surface area contributed by atoms with Crippen LogP contribution in [0.1, 0.15) is 12.5 Å². The fourth-order valence-electron chi connectivity index (χ4n) is 5.82. The van der Waals surface area contributed by atoms with Gasteiger partial charge in [-0.1, -0.05) is 0 Å². The standard InChI is InChI=1S/C25H38N10O22P4/c26-19-13-21(30-7-28-19)34(9-32-13)23-17(38)15(36)11(56-23)1-50-60(46,47)54-5-25(3-52-58(40,41)42,4-53-59(43,44)45)6-55-61(48,49)51-2-12-16(37)18(39)24(57-12)35-10-33-14-20(27)29-8-31-22(14)35/h7-12,15-18,23-24,36-39H,1-6H2,(H,46,47)(H,48,49)(H2,26,28,30)(H2,27,29,31)(H2,40,41,42)(H2,43,44,45)/p-6/t11-,12?,15-,16-,17-,18-,23?,24-/m1/s1. The molecule has 0 amide bonds. The maximum absolute atomic E-state index is 12.9. The van der Waals surface area contributed by atoms with Crippen LogP contribution in [0.15, 0.2) is 25.3 Å². The second kappa shape index (κ2) is 18.2. The minimum atomic E-state index is -6.05. The first-order valence-corrected chi connectivity index (χ1v) is 22.7. The molecule has 32 nitrogen and oxygen atoms in total. The molecule has 2 saturated heterocycles. The molecule has 6 heterocycles. The normalized spacial score (nSPS) is 27.2. The average Bonchev–Trinajstić information content (AvgIpc) is 3.94. The van der Waals surface area contributed by atoms with E-state index in [0.717, 1.165) is 34.4 Å². The number of hydrogen-bond donors (Lipinski definition) is 6. The van der Waals surface area contributed by atoms with Crippen LogP contribution >= 0.6 is 31.3 Å². The highest BCUT2D eigenvalue weighted by molar-refractivity contribution is 7.46.